The average molecular weight is 302 g/mol. The molecular formula is C18H20F2N2. The van der Waals surface area contributed by atoms with Crippen LogP contribution in [-0.2, 0) is 13.1 Å². The molecule has 116 valence electrons. The minimum atomic E-state index is -0.191. The lowest BCUT2D eigenvalue weighted by molar-refractivity contribution is 0.122. The van der Waals surface area contributed by atoms with Gasteiger partial charge in [0.2, 0.25) is 0 Å². The number of halogens is 2. The molecule has 4 heteroatoms. The van der Waals surface area contributed by atoms with E-state index < -0.39 is 0 Å². The van der Waals surface area contributed by atoms with Crippen molar-refractivity contribution in [1.82, 2.24) is 9.80 Å². The van der Waals surface area contributed by atoms with E-state index in [1.54, 1.807) is 12.1 Å². The Morgan fingerprint density at radius 2 is 1.27 bits per heavy atom. The van der Waals surface area contributed by atoms with Gasteiger partial charge < -0.3 is 0 Å². The number of benzene rings is 2. The molecule has 2 nitrogen and oxygen atoms in total. The van der Waals surface area contributed by atoms with Gasteiger partial charge in [-0.25, -0.2) is 8.78 Å². The number of hydrogen-bond donors (Lipinski definition) is 0. The van der Waals surface area contributed by atoms with Crippen molar-refractivity contribution in [2.24, 2.45) is 0 Å². The number of rotatable bonds is 4. The smallest absolute Gasteiger partial charge is 0.123 e. The summed E-state index contributed by atoms with van der Waals surface area (Å²) in [5, 5.41) is 0. The van der Waals surface area contributed by atoms with Gasteiger partial charge in [-0.3, -0.25) is 9.80 Å². The van der Waals surface area contributed by atoms with Gasteiger partial charge in [0.05, 0.1) is 0 Å². The van der Waals surface area contributed by atoms with E-state index in [-0.39, 0.29) is 11.6 Å². The third-order valence-electron chi connectivity index (χ3n) is 4.08. The monoisotopic (exact) mass is 302 g/mol. The van der Waals surface area contributed by atoms with E-state index in [2.05, 4.69) is 9.80 Å². The predicted octanol–water partition coefficient (Wildman–Crippen LogP) is 3.28. The molecule has 0 N–H and O–H groups in total. The fourth-order valence-electron chi connectivity index (χ4n) is 2.85. The summed E-state index contributed by atoms with van der Waals surface area (Å²) in [4.78, 5) is 4.71. The molecule has 0 radical (unpaired) electrons. The SMILES string of the molecule is Fc1ccc(CN2CCN(Cc3cccc(F)c3)CC2)cc1. The highest BCUT2D eigenvalue weighted by Gasteiger charge is 2.17. The molecule has 1 fully saturated rings. The second-order valence-corrected chi connectivity index (χ2v) is 5.81. The van der Waals surface area contributed by atoms with Crippen LogP contribution in [0.1, 0.15) is 11.1 Å². The lowest BCUT2D eigenvalue weighted by Crippen LogP contribution is -2.45. The Labute approximate surface area is 130 Å². The molecule has 2 aromatic carbocycles. The third-order valence-corrected chi connectivity index (χ3v) is 4.08. The lowest BCUT2D eigenvalue weighted by atomic mass is 10.1. The van der Waals surface area contributed by atoms with Crippen molar-refractivity contribution in [3.63, 3.8) is 0 Å². The summed E-state index contributed by atoms with van der Waals surface area (Å²) < 4.78 is 26.1. The molecule has 3 rings (SSSR count). The average Bonchev–Trinajstić information content (AvgIpc) is 2.52. The summed E-state index contributed by atoms with van der Waals surface area (Å²) in [6, 6.07) is 13.5. The Hall–Kier alpha value is -1.78. The molecule has 0 spiro atoms. The zero-order chi connectivity index (χ0) is 15.4. The van der Waals surface area contributed by atoms with Gasteiger partial charge in [-0.15, -0.1) is 0 Å². The normalized spacial score (nSPS) is 16.8. The largest absolute Gasteiger partial charge is 0.297 e. The van der Waals surface area contributed by atoms with Gasteiger partial charge in [0.15, 0.2) is 0 Å². The van der Waals surface area contributed by atoms with Gasteiger partial charge in [-0.2, -0.15) is 0 Å². The first-order chi connectivity index (χ1) is 10.7. The molecule has 1 aliphatic rings. The maximum Gasteiger partial charge on any atom is 0.123 e. The Balaban J connectivity index is 1.49. The first-order valence-corrected chi connectivity index (χ1v) is 7.63. The van der Waals surface area contributed by atoms with Crippen molar-refractivity contribution in [2.75, 3.05) is 26.2 Å². The number of nitrogens with zero attached hydrogens (tertiary/aromatic N) is 2. The summed E-state index contributed by atoms with van der Waals surface area (Å²) in [6.45, 7) is 5.55. The van der Waals surface area contributed by atoms with Crippen molar-refractivity contribution >= 4 is 0 Å². The van der Waals surface area contributed by atoms with Gasteiger partial charge >= 0.3 is 0 Å². The molecule has 0 bridgehead atoms. The van der Waals surface area contributed by atoms with Gasteiger partial charge in [-0.05, 0) is 35.4 Å². The molecule has 0 aromatic heterocycles. The van der Waals surface area contributed by atoms with Crippen LogP contribution in [0.15, 0.2) is 48.5 Å². The molecule has 1 saturated heterocycles. The van der Waals surface area contributed by atoms with E-state index >= 15 is 0 Å². The van der Waals surface area contributed by atoms with Gasteiger partial charge in [0.1, 0.15) is 11.6 Å². The van der Waals surface area contributed by atoms with Crippen LogP contribution in [0.2, 0.25) is 0 Å². The first kappa shape index (κ1) is 15.1. The quantitative estimate of drug-likeness (QED) is 0.855. The third kappa shape index (κ3) is 4.12. The first-order valence-electron chi connectivity index (χ1n) is 7.63. The molecular weight excluding hydrogens is 282 g/mol. The van der Waals surface area contributed by atoms with E-state index in [9.17, 15) is 8.78 Å². The van der Waals surface area contributed by atoms with Gasteiger partial charge in [0, 0.05) is 39.3 Å². The fourth-order valence-corrected chi connectivity index (χ4v) is 2.85. The molecule has 0 saturated carbocycles. The second-order valence-electron chi connectivity index (χ2n) is 5.81. The molecule has 1 heterocycles. The summed E-state index contributed by atoms with van der Waals surface area (Å²) in [6.07, 6.45) is 0. The molecule has 2 aromatic rings. The van der Waals surface area contributed by atoms with Crippen LogP contribution in [-0.4, -0.2) is 36.0 Å². The van der Waals surface area contributed by atoms with E-state index in [4.69, 9.17) is 0 Å². The summed E-state index contributed by atoms with van der Waals surface area (Å²) >= 11 is 0. The van der Waals surface area contributed by atoms with Crippen LogP contribution in [0.25, 0.3) is 0 Å². The van der Waals surface area contributed by atoms with Gasteiger partial charge in [0.25, 0.3) is 0 Å². The highest BCUT2D eigenvalue weighted by atomic mass is 19.1. The lowest BCUT2D eigenvalue weighted by Gasteiger charge is -2.34. The standard InChI is InChI=1S/C18H20F2N2/c19-17-6-4-15(5-7-17)13-21-8-10-22(11-9-21)14-16-2-1-3-18(20)12-16/h1-7,12H,8-11,13-14H2. The van der Waals surface area contributed by atoms with E-state index in [0.29, 0.717) is 0 Å². The molecule has 22 heavy (non-hydrogen) atoms. The maximum atomic E-state index is 13.2. The van der Waals surface area contributed by atoms with Gasteiger partial charge in [-0.1, -0.05) is 24.3 Å². The Kier molecular flexibility index (Phi) is 4.80. The van der Waals surface area contributed by atoms with Crippen LogP contribution in [0.4, 0.5) is 8.78 Å². The summed E-state index contributed by atoms with van der Waals surface area (Å²) in [5.74, 6) is -0.365. The molecule has 0 amide bonds. The van der Waals surface area contributed by atoms with E-state index in [1.165, 1.54) is 18.2 Å². The Morgan fingerprint density at radius 3 is 1.86 bits per heavy atom. The van der Waals surface area contributed by atoms with Crippen LogP contribution in [0.5, 0.6) is 0 Å². The van der Waals surface area contributed by atoms with Crippen molar-refractivity contribution in [1.29, 1.82) is 0 Å². The summed E-state index contributed by atoms with van der Waals surface area (Å²) in [7, 11) is 0. The highest BCUT2D eigenvalue weighted by Crippen LogP contribution is 2.12. The number of piperazine rings is 1. The Morgan fingerprint density at radius 1 is 0.682 bits per heavy atom. The highest BCUT2D eigenvalue weighted by molar-refractivity contribution is 5.17. The zero-order valence-electron chi connectivity index (χ0n) is 12.5. The second kappa shape index (κ2) is 6.99. The van der Waals surface area contributed by atoms with E-state index in [1.807, 2.05) is 18.2 Å². The van der Waals surface area contributed by atoms with E-state index in [0.717, 1.165) is 50.4 Å². The molecule has 0 aliphatic carbocycles. The Bertz CT molecular complexity index is 605. The van der Waals surface area contributed by atoms with Crippen LogP contribution in [0, 0.1) is 11.6 Å². The minimum Gasteiger partial charge on any atom is -0.297 e. The predicted molar refractivity (Wildman–Crippen MR) is 83.4 cm³/mol. The molecule has 1 aliphatic heterocycles. The van der Waals surface area contributed by atoms with Crippen molar-refractivity contribution in [2.45, 2.75) is 13.1 Å². The maximum absolute atomic E-state index is 13.2. The molecule has 0 atom stereocenters. The molecule has 0 unspecified atom stereocenters. The van der Waals surface area contributed by atoms with Crippen LogP contribution < -0.4 is 0 Å². The van der Waals surface area contributed by atoms with Crippen LogP contribution in [0.3, 0.4) is 0 Å². The minimum absolute atomic E-state index is 0.174. The van der Waals surface area contributed by atoms with Crippen molar-refractivity contribution < 1.29 is 8.78 Å². The van der Waals surface area contributed by atoms with Crippen molar-refractivity contribution in [3.8, 4) is 0 Å². The topological polar surface area (TPSA) is 6.48 Å². The number of hydrogen-bond acceptors (Lipinski definition) is 2. The van der Waals surface area contributed by atoms with Crippen LogP contribution >= 0.6 is 0 Å². The van der Waals surface area contributed by atoms with Crippen molar-refractivity contribution in [3.05, 3.63) is 71.3 Å². The zero-order valence-corrected chi connectivity index (χ0v) is 12.5. The summed E-state index contributed by atoms with van der Waals surface area (Å²) in [5.41, 5.74) is 2.16. The fraction of sp³-hybridized carbons (Fsp3) is 0.333.